The van der Waals surface area contributed by atoms with Crippen LogP contribution in [0.25, 0.3) is 0 Å². The molecule has 0 spiro atoms. The number of hydrogen-bond donors (Lipinski definition) is 2. The van der Waals surface area contributed by atoms with Gasteiger partial charge in [0.15, 0.2) is 5.96 Å². The number of ether oxygens (including phenoxy) is 1. The average Bonchev–Trinajstić information content (AvgIpc) is 3.19. The van der Waals surface area contributed by atoms with Crippen molar-refractivity contribution in [3.8, 4) is 5.75 Å². The van der Waals surface area contributed by atoms with Crippen LogP contribution in [-0.2, 0) is 17.6 Å². The summed E-state index contributed by atoms with van der Waals surface area (Å²) in [6, 6.07) is 11.9. The molecular weight excluding hydrogens is 483 g/mol. The van der Waals surface area contributed by atoms with Crippen LogP contribution in [0.2, 0.25) is 0 Å². The number of benzene rings is 1. The molecule has 8 heteroatoms. The minimum Gasteiger partial charge on any atom is -0.494 e. The highest BCUT2D eigenvalue weighted by Gasteiger charge is 2.05. The number of nitrogens with one attached hydrogen (secondary N) is 2. The smallest absolute Gasteiger partial charge is 0.243 e. The Labute approximate surface area is 189 Å². The summed E-state index contributed by atoms with van der Waals surface area (Å²) in [4.78, 5) is 17.8. The third-order valence-corrected chi connectivity index (χ3v) is 4.03. The average molecular weight is 514 g/mol. The summed E-state index contributed by atoms with van der Waals surface area (Å²) in [5.74, 6) is 2.35. The van der Waals surface area contributed by atoms with E-state index >= 15 is 0 Å². The monoisotopic (exact) mass is 514 g/mol. The number of rotatable bonds is 10. The van der Waals surface area contributed by atoms with Crippen LogP contribution in [0.3, 0.4) is 0 Å². The van der Waals surface area contributed by atoms with E-state index in [1.807, 2.05) is 37.3 Å². The maximum atomic E-state index is 11.8. The molecule has 0 atom stereocenters. The molecule has 2 N–H and O–H groups in total. The molecule has 0 radical (unpaired) electrons. The van der Waals surface area contributed by atoms with Crippen LogP contribution in [0.1, 0.15) is 18.2 Å². The fraction of sp³-hybridized carbons (Fsp3) is 0.429. The molecule has 2 aromatic rings. The first-order valence-electron chi connectivity index (χ1n) is 9.55. The highest BCUT2D eigenvalue weighted by Crippen LogP contribution is 2.13. The predicted molar refractivity (Wildman–Crippen MR) is 126 cm³/mol. The van der Waals surface area contributed by atoms with Crippen molar-refractivity contribution in [3.63, 3.8) is 0 Å². The van der Waals surface area contributed by atoms with Gasteiger partial charge < -0.3 is 24.7 Å². The van der Waals surface area contributed by atoms with Crippen molar-refractivity contribution in [2.24, 2.45) is 4.99 Å². The van der Waals surface area contributed by atoms with Crippen LogP contribution >= 0.6 is 24.0 Å². The summed E-state index contributed by atoms with van der Waals surface area (Å²) in [5.41, 5.74) is 1.18. The number of aliphatic imine (C=N–C) groups is 1. The van der Waals surface area contributed by atoms with Gasteiger partial charge in [0.2, 0.25) is 5.91 Å². The topological polar surface area (TPSA) is 79.1 Å². The molecule has 0 saturated heterocycles. The molecule has 7 nitrogen and oxygen atoms in total. The Kier molecular flexibility index (Phi) is 11.9. The van der Waals surface area contributed by atoms with E-state index in [0.29, 0.717) is 25.7 Å². The minimum absolute atomic E-state index is 0. The van der Waals surface area contributed by atoms with Gasteiger partial charge in [-0.05, 0) is 43.2 Å². The number of furan rings is 1. The van der Waals surface area contributed by atoms with Crippen molar-refractivity contribution >= 4 is 35.8 Å². The Morgan fingerprint density at radius 1 is 1.14 bits per heavy atom. The SMILES string of the molecule is CCOc1cccc(CCNC(=NCC(=O)N(C)C)NCCc2ccco2)c1.I. The van der Waals surface area contributed by atoms with Crippen molar-refractivity contribution in [3.05, 3.63) is 54.0 Å². The summed E-state index contributed by atoms with van der Waals surface area (Å²) in [5, 5.41) is 6.54. The third-order valence-electron chi connectivity index (χ3n) is 4.03. The fourth-order valence-corrected chi connectivity index (χ4v) is 2.50. The van der Waals surface area contributed by atoms with E-state index in [0.717, 1.165) is 24.4 Å². The van der Waals surface area contributed by atoms with Gasteiger partial charge in [-0.15, -0.1) is 24.0 Å². The van der Waals surface area contributed by atoms with E-state index < -0.39 is 0 Å². The molecule has 1 heterocycles. The zero-order chi connectivity index (χ0) is 20.2. The van der Waals surface area contributed by atoms with Gasteiger partial charge in [0, 0.05) is 33.6 Å². The number of carbonyl (C=O) groups is 1. The Morgan fingerprint density at radius 2 is 1.90 bits per heavy atom. The van der Waals surface area contributed by atoms with Crippen molar-refractivity contribution in [1.82, 2.24) is 15.5 Å². The fourth-order valence-electron chi connectivity index (χ4n) is 2.50. The van der Waals surface area contributed by atoms with Gasteiger partial charge in [0.1, 0.15) is 18.1 Å². The lowest BCUT2D eigenvalue weighted by Gasteiger charge is -2.14. The van der Waals surface area contributed by atoms with Gasteiger partial charge >= 0.3 is 0 Å². The highest BCUT2D eigenvalue weighted by molar-refractivity contribution is 14.0. The third kappa shape index (κ3) is 9.69. The van der Waals surface area contributed by atoms with Gasteiger partial charge in [-0.25, -0.2) is 4.99 Å². The maximum Gasteiger partial charge on any atom is 0.243 e. The molecule has 0 aliphatic rings. The first kappa shape index (κ1) is 24.8. The molecule has 0 unspecified atom stereocenters. The van der Waals surface area contributed by atoms with E-state index in [9.17, 15) is 4.79 Å². The Balaban J connectivity index is 0.00000420. The second-order valence-electron chi connectivity index (χ2n) is 6.47. The Hall–Kier alpha value is -2.23. The van der Waals surface area contributed by atoms with E-state index in [4.69, 9.17) is 9.15 Å². The standard InChI is InChI=1S/C21H30N4O3.HI/c1-4-27-19-8-5-7-17(15-19)10-12-22-21(24-16-20(26)25(2)3)23-13-11-18-9-6-14-28-18;/h5-9,14-15H,4,10-13,16H2,1-3H3,(H2,22,23,24);1H. The first-order valence-corrected chi connectivity index (χ1v) is 9.55. The number of likely N-dealkylation sites (N-methyl/N-ethyl adjacent to an activating group) is 1. The normalized spacial score (nSPS) is 10.8. The van der Waals surface area contributed by atoms with Crippen molar-refractivity contribution in [2.45, 2.75) is 19.8 Å². The van der Waals surface area contributed by atoms with Gasteiger partial charge in [-0.3, -0.25) is 4.79 Å². The Bertz CT molecular complexity index is 748. The van der Waals surface area contributed by atoms with Crippen LogP contribution in [0, 0.1) is 0 Å². The van der Waals surface area contributed by atoms with Crippen molar-refractivity contribution in [2.75, 3.05) is 40.3 Å². The number of halogens is 1. The number of nitrogens with zero attached hydrogens (tertiary/aromatic N) is 2. The Morgan fingerprint density at radius 3 is 2.55 bits per heavy atom. The van der Waals surface area contributed by atoms with Crippen LogP contribution in [0.4, 0.5) is 0 Å². The quantitative estimate of drug-likeness (QED) is 0.290. The molecule has 160 valence electrons. The maximum absolute atomic E-state index is 11.8. The predicted octanol–water partition coefficient (Wildman–Crippen LogP) is 2.70. The molecule has 1 amide bonds. The molecule has 0 bridgehead atoms. The number of guanidine groups is 1. The van der Waals surface area contributed by atoms with Crippen molar-refractivity contribution < 1.29 is 13.9 Å². The van der Waals surface area contributed by atoms with Gasteiger partial charge in [0.05, 0.1) is 12.9 Å². The minimum atomic E-state index is -0.0449. The molecule has 1 aromatic heterocycles. The number of carbonyl (C=O) groups excluding carboxylic acids is 1. The van der Waals surface area contributed by atoms with Crippen LogP contribution < -0.4 is 15.4 Å². The molecule has 0 aliphatic heterocycles. The number of amides is 1. The zero-order valence-corrected chi connectivity index (χ0v) is 19.6. The lowest BCUT2D eigenvalue weighted by atomic mass is 10.1. The zero-order valence-electron chi connectivity index (χ0n) is 17.3. The van der Waals surface area contributed by atoms with Crippen LogP contribution in [0.15, 0.2) is 52.1 Å². The number of hydrogen-bond acceptors (Lipinski definition) is 4. The molecule has 2 rings (SSSR count). The summed E-state index contributed by atoms with van der Waals surface area (Å²) < 4.78 is 10.9. The highest BCUT2D eigenvalue weighted by atomic mass is 127. The van der Waals surface area contributed by atoms with Crippen LogP contribution in [0.5, 0.6) is 5.75 Å². The summed E-state index contributed by atoms with van der Waals surface area (Å²) >= 11 is 0. The lowest BCUT2D eigenvalue weighted by molar-refractivity contribution is -0.127. The lowest BCUT2D eigenvalue weighted by Crippen LogP contribution is -2.40. The second-order valence-corrected chi connectivity index (χ2v) is 6.47. The molecule has 1 aromatic carbocycles. The van der Waals surface area contributed by atoms with E-state index in [-0.39, 0.29) is 36.4 Å². The van der Waals surface area contributed by atoms with Gasteiger partial charge in [-0.1, -0.05) is 12.1 Å². The molecule has 0 aliphatic carbocycles. The second kappa shape index (κ2) is 13.9. The summed E-state index contributed by atoms with van der Waals surface area (Å²) in [7, 11) is 3.45. The summed E-state index contributed by atoms with van der Waals surface area (Å²) in [6.45, 7) is 4.08. The van der Waals surface area contributed by atoms with Gasteiger partial charge in [0.25, 0.3) is 0 Å². The first-order chi connectivity index (χ1) is 13.6. The van der Waals surface area contributed by atoms with E-state index in [1.165, 1.54) is 10.5 Å². The summed E-state index contributed by atoms with van der Waals surface area (Å²) in [6.07, 6.45) is 3.22. The molecule has 0 fully saturated rings. The van der Waals surface area contributed by atoms with E-state index in [1.54, 1.807) is 20.4 Å². The molecule has 29 heavy (non-hydrogen) atoms. The van der Waals surface area contributed by atoms with Crippen LogP contribution in [-0.4, -0.2) is 57.1 Å². The largest absolute Gasteiger partial charge is 0.494 e. The van der Waals surface area contributed by atoms with E-state index in [2.05, 4.69) is 21.7 Å². The van der Waals surface area contributed by atoms with Gasteiger partial charge in [-0.2, -0.15) is 0 Å². The molecular formula is C21H31IN4O3. The van der Waals surface area contributed by atoms with Crippen molar-refractivity contribution in [1.29, 1.82) is 0 Å². The molecule has 0 saturated carbocycles.